The Labute approximate surface area is 118 Å². The summed E-state index contributed by atoms with van der Waals surface area (Å²) in [4.78, 5) is 17.8. The molecule has 0 spiro atoms. The van der Waals surface area contributed by atoms with E-state index in [4.69, 9.17) is 26.8 Å². The summed E-state index contributed by atoms with van der Waals surface area (Å²) in [6.07, 6.45) is 1.24. The summed E-state index contributed by atoms with van der Waals surface area (Å²) in [7, 11) is 1.40. The predicted octanol–water partition coefficient (Wildman–Crippen LogP) is 2.42. The van der Waals surface area contributed by atoms with E-state index in [2.05, 4.69) is 9.97 Å². The number of nitrogens with two attached hydrogens (primary N) is 1. The highest BCUT2D eigenvalue weighted by Gasteiger charge is 2.19. The second-order valence-electron chi connectivity index (χ2n) is 3.57. The molecule has 0 atom stereocenters. The standard InChI is InChI=1S/C11H9ClN4O4/c1-19-6-2-3-9(8(4-6)16(17)18)20-10-7(12)5-14-11(13)15-10/h2-5H,1H3,(H2,13,14,15). The highest BCUT2D eigenvalue weighted by atomic mass is 35.5. The lowest BCUT2D eigenvalue weighted by Crippen LogP contribution is -1.99. The molecule has 1 aromatic carbocycles. The van der Waals surface area contributed by atoms with E-state index in [-0.39, 0.29) is 28.3 Å². The van der Waals surface area contributed by atoms with Crippen molar-refractivity contribution in [3.63, 3.8) is 0 Å². The van der Waals surface area contributed by atoms with Crippen molar-refractivity contribution in [2.24, 2.45) is 0 Å². The smallest absolute Gasteiger partial charge is 0.315 e. The van der Waals surface area contributed by atoms with E-state index in [1.807, 2.05) is 0 Å². The molecule has 0 bridgehead atoms. The molecule has 0 fully saturated rings. The van der Waals surface area contributed by atoms with Crippen LogP contribution in [0.25, 0.3) is 0 Å². The van der Waals surface area contributed by atoms with Gasteiger partial charge in [-0.1, -0.05) is 11.6 Å². The zero-order valence-corrected chi connectivity index (χ0v) is 11.0. The molecule has 0 aliphatic rings. The van der Waals surface area contributed by atoms with E-state index >= 15 is 0 Å². The van der Waals surface area contributed by atoms with Gasteiger partial charge in [0.15, 0.2) is 0 Å². The Morgan fingerprint density at radius 1 is 1.45 bits per heavy atom. The molecule has 104 valence electrons. The molecule has 2 aromatic rings. The van der Waals surface area contributed by atoms with Crippen LogP contribution in [0.5, 0.6) is 17.4 Å². The largest absolute Gasteiger partial charge is 0.496 e. The first-order valence-electron chi connectivity index (χ1n) is 5.29. The molecule has 0 aliphatic carbocycles. The molecule has 8 nitrogen and oxygen atoms in total. The number of nitro benzene ring substituents is 1. The molecule has 0 amide bonds. The Morgan fingerprint density at radius 2 is 2.20 bits per heavy atom. The number of hydrogen-bond acceptors (Lipinski definition) is 7. The third-order valence-corrected chi connectivity index (χ3v) is 2.56. The van der Waals surface area contributed by atoms with Gasteiger partial charge in [0.25, 0.3) is 0 Å². The van der Waals surface area contributed by atoms with Crippen molar-refractivity contribution in [1.82, 2.24) is 9.97 Å². The second kappa shape index (κ2) is 5.57. The van der Waals surface area contributed by atoms with Gasteiger partial charge in [-0.05, 0) is 12.1 Å². The van der Waals surface area contributed by atoms with Crippen molar-refractivity contribution in [3.05, 3.63) is 39.5 Å². The van der Waals surface area contributed by atoms with Gasteiger partial charge in [0.1, 0.15) is 10.8 Å². The van der Waals surface area contributed by atoms with Gasteiger partial charge in [-0.2, -0.15) is 4.98 Å². The van der Waals surface area contributed by atoms with Gasteiger partial charge in [0.2, 0.25) is 17.6 Å². The lowest BCUT2D eigenvalue weighted by Gasteiger charge is -2.08. The van der Waals surface area contributed by atoms with Crippen LogP contribution in [0.4, 0.5) is 11.6 Å². The van der Waals surface area contributed by atoms with Crippen molar-refractivity contribution in [3.8, 4) is 17.4 Å². The van der Waals surface area contributed by atoms with Crippen molar-refractivity contribution in [2.75, 3.05) is 12.8 Å². The van der Waals surface area contributed by atoms with Crippen molar-refractivity contribution in [2.45, 2.75) is 0 Å². The molecule has 9 heteroatoms. The molecule has 0 saturated carbocycles. The number of ether oxygens (including phenoxy) is 2. The summed E-state index contributed by atoms with van der Waals surface area (Å²) >= 11 is 5.84. The number of halogens is 1. The third kappa shape index (κ3) is 2.86. The van der Waals surface area contributed by atoms with Crippen molar-refractivity contribution in [1.29, 1.82) is 0 Å². The van der Waals surface area contributed by atoms with Crippen LogP contribution < -0.4 is 15.2 Å². The van der Waals surface area contributed by atoms with Crippen molar-refractivity contribution >= 4 is 23.2 Å². The monoisotopic (exact) mass is 296 g/mol. The number of anilines is 1. The molecule has 2 rings (SSSR count). The minimum Gasteiger partial charge on any atom is -0.496 e. The minimum atomic E-state index is -0.601. The summed E-state index contributed by atoms with van der Waals surface area (Å²) in [6.45, 7) is 0. The summed E-state index contributed by atoms with van der Waals surface area (Å²) in [5.41, 5.74) is 5.13. The first kappa shape index (κ1) is 13.8. The van der Waals surface area contributed by atoms with Gasteiger partial charge >= 0.3 is 5.69 Å². The van der Waals surface area contributed by atoms with Crippen molar-refractivity contribution < 1.29 is 14.4 Å². The molecule has 1 aromatic heterocycles. The number of nitro groups is 1. The number of methoxy groups -OCH3 is 1. The van der Waals surface area contributed by atoms with Crippen LogP contribution in [0.2, 0.25) is 5.02 Å². The number of nitrogen functional groups attached to an aromatic ring is 1. The average molecular weight is 297 g/mol. The average Bonchev–Trinajstić information content (AvgIpc) is 2.43. The maximum Gasteiger partial charge on any atom is 0.315 e. The van der Waals surface area contributed by atoms with Gasteiger partial charge in [-0.3, -0.25) is 10.1 Å². The summed E-state index contributed by atoms with van der Waals surface area (Å²) in [5.74, 6) is 0.182. The highest BCUT2D eigenvalue weighted by molar-refractivity contribution is 6.31. The van der Waals surface area contributed by atoms with Crippen LogP contribution in [0.1, 0.15) is 0 Å². The minimum absolute atomic E-state index is 0.0317. The molecule has 1 heterocycles. The van der Waals surface area contributed by atoms with Gasteiger partial charge in [0.05, 0.1) is 24.3 Å². The van der Waals surface area contributed by atoms with Crippen LogP contribution in [-0.4, -0.2) is 22.0 Å². The van der Waals surface area contributed by atoms with Gasteiger partial charge in [0, 0.05) is 0 Å². The predicted molar refractivity (Wildman–Crippen MR) is 71.2 cm³/mol. The maximum absolute atomic E-state index is 11.0. The fourth-order valence-electron chi connectivity index (χ4n) is 1.39. The molecule has 2 N–H and O–H groups in total. The molecule has 0 radical (unpaired) electrons. The zero-order valence-electron chi connectivity index (χ0n) is 10.2. The number of benzene rings is 1. The van der Waals surface area contributed by atoms with Crippen LogP contribution in [0.3, 0.4) is 0 Å². The Balaban J connectivity index is 2.42. The van der Waals surface area contributed by atoms with E-state index in [0.29, 0.717) is 5.75 Å². The first-order chi connectivity index (χ1) is 9.51. The van der Waals surface area contributed by atoms with Crippen LogP contribution >= 0.6 is 11.6 Å². The van der Waals surface area contributed by atoms with Crippen LogP contribution in [-0.2, 0) is 0 Å². The lowest BCUT2D eigenvalue weighted by molar-refractivity contribution is -0.385. The number of nitrogens with zero attached hydrogens (tertiary/aromatic N) is 3. The second-order valence-corrected chi connectivity index (χ2v) is 3.98. The van der Waals surface area contributed by atoms with Crippen LogP contribution in [0.15, 0.2) is 24.4 Å². The molecule has 0 aliphatic heterocycles. The lowest BCUT2D eigenvalue weighted by atomic mass is 10.3. The fourth-order valence-corrected chi connectivity index (χ4v) is 1.52. The van der Waals surface area contributed by atoms with E-state index in [1.54, 1.807) is 0 Å². The number of hydrogen-bond donors (Lipinski definition) is 1. The molecular weight excluding hydrogens is 288 g/mol. The molecule has 0 unspecified atom stereocenters. The molecule has 20 heavy (non-hydrogen) atoms. The summed E-state index contributed by atoms with van der Waals surface area (Å²) in [6, 6.07) is 4.13. The van der Waals surface area contributed by atoms with E-state index in [1.165, 1.54) is 31.5 Å². The topological polar surface area (TPSA) is 113 Å². The van der Waals surface area contributed by atoms with E-state index < -0.39 is 4.92 Å². The number of aromatic nitrogens is 2. The Hall–Kier alpha value is -2.61. The summed E-state index contributed by atoms with van der Waals surface area (Å²) < 4.78 is 10.2. The first-order valence-corrected chi connectivity index (χ1v) is 5.67. The Kier molecular flexibility index (Phi) is 3.85. The van der Waals surface area contributed by atoms with Gasteiger partial charge in [-0.25, -0.2) is 4.98 Å². The number of rotatable bonds is 4. The fraction of sp³-hybridized carbons (Fsp3) is 0.0909. The van der Waals surface area contributed by atoms with E-state index in [0.717, 1.165) is 0 Å². The van der Waals surface area contributed by atoms with Gasteiger partial charge in [-0.15, -0.1) is 0 Å². The highest BCUT2D eigenvalue weighted by Crippen LogP contribution is 2.35. The maximum atomic E-state index is 11.0. The summed E-state index contributed by atoms with van der Waals surface area (Å²) in [5, 5.41) is 11.1. The van der Waals surface area contributed by atoms with Crippen LogP contribution in [0, 0.1) is 10.1 Å². The Morgan fingerprint density at radius 3 is 2.85 bits per heavy atom. The van der Waals surface area contributed by atoms with Gasteiger partial charge < -0.3 is 15.2 Å². The third-order valence-electron chi connectivity index (χ3n) is 2.30. The molecular formula is C11H9ClN4O4. The van der Waals surface area contributed by atoms with E-state index in [9.17, 15) is 10.1 Å². The Bertz CT molecular complexity index is 665. The molecule has 0 saturated heterocycles. The normalized spacial score (nSPS) is 10.1. The quantitative estimate of drug-likeness (QED) is 0.680. The SMILES string of the molecule is COc1ccc(Oc2nc(N)ncc2Cl)c([N+](=O)[O-])c1. The zero-order chi connectivity index (χ0) is 14.7.